The van der Waals surface area contributed by atoms with Crippen molar-refractivity contribution in [2.24, 2.45) is 0 Å². The van der Waals surface area contributed by atoms with Gasteiger partial charge in [-0.2, -0.15) is 0 Å². The van der Waals surface area contributed by atoms with Crippen molar-refractivity contribution in [2.75, 3.05) is 17.1 Å². The molecule has 1 rings (SSSR count). The summed E-state index contributed by atoms with van der Waals surface area (Å²) in [6, 6.07) is 5.04. The average Bonchev–Trinajstić information content (AvgIpc) is 2.13. The van der Waals surface area contributed by atoms with Crippen LogP contribution in [0, 0.1) is 0 Å². The molecule has 0 aliphatic heterocycles. The predicted molar refractivity (Wildman–Crippen MR) is 71.5 cm³/mol. The van der Waals surface area contributed by atoms with Gasteiger partial charge in [0.05, 0.1) is 23.5 Å². The number of hydrogen-bond donors (Lipinski definition) is 0. The van der Waals surface area contributed by atoms with Crippen LogP contribution in [0.5, 0.6) is 0 Å². The van der Waals surface area contributed by atoms with Crippen LogP contribution < -0.4 is 4.31 Å². The third-order valence-corrected chi connectivity index (χ3v) is 3.82. The second-order valence-electron chi connectivity index (χ2n) is 3.18. The topological polar surface area (TPSA) is 37.4 Å². The van der Waals surface area contributed by atoms with Crippen LogP contribution in [0.3, 0.4) is 0 Å². The minimum Gasteiger partial charge on any atom is -0.265 e. The molecular weight excluding hydrogens is 314 g/mol. The fourth-order valence-corrected chi connectivity index (χ4v) is 2.93. The van der Waals surface area contributed by atoms with E-state index in [2.05, 4.69) is 22.5 Å². The van der Waals surface area contributed by atoms with E-state index in [1.54, 1.807) is 18.2 Å². The summed E-state index contributed by atoms with van der Waals surface area (Å²) in [6.45, 7) is 3.72. The molecule has 0 saturated heterocycles. The van der Waals surface area contributed by atoms with E-state index in [0.29, 0.717) is 10.7 Å². The quantitative estimate of drug-likeness (QED) is 0.798. The summed E-state index contributed by atoms with van der Waals surface area (Å²) in [7, 11) is -3.35. The van der Waals surface area contributed by atoms with Gasteiger partial charge >= 0.3 is 0 Å². The third-order valence-electron chi connectivity index (χ3n) is 1.87. The molecule has 0 unspecified atom stereocenters. The van der Waals surface area contributed by atoms with Gasteiger partial charge in [-0.15, -0.1) is 6.58 Å². The molecule has 88 valence electrons. The molecule has 1 aromatic rings. The molecule has 1 aromatic carbocycles. The van der Waals surface area contributed by atoms with E-state index in [-0.39, 0.29) is 6.54 Å². The molecule has 0 spiro atoms. The van der Waals surface area contributed by atoms with Crippen LogP contribution in [0.1, 0.15) is 0 Å². The molecule has 0 aliphatic carbocycles. The van der Waals surface area contributed by atoms with Crippen molar-refractivity contribution in [3.63, 3.8) is 0 Å². The van der Waals surface area contributed by atoms with E-state index in [0.717, 1.165) is 10.7 Å². The summed E-state index contributed by atoms with van der Waals surface area (Å²) < 4.78 is 25.1. The van der Waals surface area contributed by atoms with E-state index in [4.69, 9.17) is 11.6 Å². The molecule has 16 heavy (non-hydrogen) atoms. The van der Waals surface area contributed by atoms with Crippen LogP contribution in [0.2, 0.25) is 5.02 Å². The molecule has 0 radical (unpaired) electrons. The summed E-state index contributed by atoms with van der Waals surface area (Å²) in [5.41, 5.74) is 0.451. The minimum atomic E-state index is -3.35. The Balaban J connectivity index is 3.27. The van der Waals surface area contributed by atoms with Crippen molar-refractivity contribution >= 4 is 43.2 Å². The molecule has 0 N–H and O–H groups in total. The van der Waals surface area contributed by atoms with Crippen molar-refractivity contribution < 1.29 is 8.42 Å². The first-order valence-corrected chi connectivity index (χ1v) is 7.42. The van der Waals surface area contributed by atoms with Gasteiger partial charge in [0.25, 0.3) is 0 Å². The van der Waals surface area contributed by atoms with Crippen LogP contribution in [0.15, 0.2) is 35.3 Å². The van der Waals surface area contributed by atoms with Gasteiger partial charge in [-0.25, -0.2) is 8.42 Å². The maximum atomic E-state index is 11.6. The van der Waals surface area contributed by atoms with E-state index < -0.39 is 10.0 Å². The number of hydrogen-bond acceptors (Lipinski definition) is 2. The summed E-state index contributed by atoms with van der Waals surface area (Å²) in [5.74, 6) is 0. The monoisotopic (exact) mass is 323 g/mol. The Kier molecular flexibility index (Phi) is 4.41. The van der Waals surface area contributed by atoms with Crippen molar-refractivity contribution in [3.05, 3.63) is 40.3 Å². The Hall–Kier alpha value is -0.520. The number of sulfonamides is 1. The van der Waals surface area contributed by atoms with Crippen molar-refractivity contribution in [2.45, 2.75) is 0 Å². The number of benzene rings is 1. The lowest BCUT2D eigenvalue weighted by Gasteiger charge is -2.21. The number of anilines is 1. The van der Waals surface area contributed by atoms with Crippen molar-refractivity contribution in [1.82, 2.24) is 0 Å². The van der Waals surface area contributed by atoms with E-state index in [1.165, 1.54) is 10.4 Å². The van der Waals surface area contributed by atoms with Crippen LogP contribution in [-0.4, -0.2) is 21.2 Å². The minimum absolute atomic E-state index is 0.195. The predicted octanol–water partition coefficient (Wildman–Crippen LogP) is 3.05. The fourth-order valence-electron chi connectivity index (χ4n) is 1.21. The van der Waals surface area contributed by atoms with Gasteiger partial charge in [0, 0.05) is 4.47 Å². The zero-order valence-corrected chi connectivity index (χ0v) is 11.8. The average molecular weight is 325 g/mol. The van der Waals surface area contributed by atoms with Gasteiger partial charge in [-0.1, -0.05) is 33.6 Å². The van der Waals surface area contributed by atoms with Gasteiger partial charge in [-0.05, 0) is 18.2 Å². The van der Waals surface area contributed by atoms with Gasteiger partial charge in [0.1, 0.15) is 0 Å². The molecule has 0 atom stereocenters. The van der Waals surface area contributed by atoms with Gasteiger partial charge in [-0.3, -0.25) is 4.31 Å². The summed E-state index contributed by atoms with van der Waals surface area (Å²) in [4.78, 5) is 0. The molecule has 0 fully saturated rings. The Labute approximate surface area is 109 Å². The number of halogens is 2. The van der Waals surface area contributed by atoms with Gasteiger partial charge < -0.3 is 0 Å². The Morgan fingerprint density at radius 2 is 2.19 bits per heavy atom. The maximum absolute atomic E-state index is 11.6. The lowest BCUT2D eigenvalue weighted by molar-refractivity contribution is 0.598. The second kappa shape index (κ2) is 5.21. The van der Waals surface area contributed by atoms with E-state index in [9.17, 15) is 8.42 Å². The highest BCUT2D eigenvalue weighted by molar-refractivity contribution is 9.10. The van der Waals surface area contributed by atoms with Crippen LogP contribution in [-0.2, 0) is 10.0 Å². The summed E-state index contributed by atoms with van der Waals surface area (Å²) in [6.07, 6.45) is 2.65. The molecule has 0 heterocycles. The number of nitrogens with zero attached hydrogens (tertiary/aromatic N) is 1. The third kappa shape index (κ3) is 3.23. The normalized spacial score (nSPS) is 11.2. The molecule has 0 aromatic heterocycles. The maximum Gasteiger partial charge on any atom is 0.232 e. The SMILES string of the molecule is C=CCN(c1ccc(Br)cc1Cl)S(C)(=O)=O. The first kappa shape index (κ1) is 13.5. The summed E-state index contributed by atoms with van der Waals surface area (Å²) in [5, 5.41) is 0.377. The van der Waals surface area contributed by atoms with Crippen molar-refractivity contribution in [3.8, 4) is 0 Å². The molecule has 0 saturated carbocycles. The molecule has 0 amide bonds. The second-order valence-corrected chi connectivity index (χ2v) is 6.41. The standard InChI is InChI=1S/C10H11BrClNO2S/c1-3-6-13(16(2,14)15)10-5-4-8(11)7-9(10)12/h3-5,7H,1,6H2,2H3. The van der Waals surface area contributed by atoms with E-state index in [1.807, 2.05) is 0 Å². The van der Waals surface area contributed by atoms with Crippen LogP contribution in [0.25, 0.3) is 0 Å². The van der Waals surface area contributed by atoms with Crippen LogP contribution >= 0.6 is 27.5 Å². The largest absolute Gasteiger partial charge is 0.265 e. The lowest BCUT2D eigenvalue weighted by Crippen LogP contribution is -2.30. The zero-order chi connectivity index (χ0) is 12.3. The van der Waals surface area contributed by atoms with E-state index >= 15 is 0 Å². The molecule has 3 nitrogen and oxygen atoms in total. The highest BCUT2D eigenvalue weighted by atomic mass is 79.9. The first-order valence-electron chi connectivity index (χ1n) is 4.40. The van der Waals surface area contributed by atoms with Crippen molar-refractivity contribution in [1.29, 1.82) is 0 Å². The summed E-state index contributed by atoms with van der Waals surface area (Å²) >= 11 is 9.26. The lowest BCUT2D eigenvalue weighted by atomic mass is 10.3. The van der Waals surface area contributed by atoms with Gasteiger partial charge in [0.2, 0.25) is 10.0 Å². The zero-order valence-electron chi connectivity index (χ0n) is 8.65. The number of rotatable bonds is 4. The smallest absolute Gasteiger partial charge is 0.232 e. The highest BCUT2D eigenvalue weighted by Gasteiger charge is 2.18. The molecule has 0 aliphatic rings. The Morgan fingerprint density at radius 1 is 1.56 bits per heavy atom. The highest BCUT2D eigenvalue weighted by Crippen LogP contribution is 2.30. The fraction of sp³-hybridized carbons (Fsp3) is 0.200. The Bertz CT molecular complexity index is 502. The van der Waals surface area contributed by atoms with Crippen LogP contribution in [0.4, 0.5) is 5.69 Å². The first-order chi connectivity index (χ1) is 7.36. The Morgan fingerprint density at radius 3 is 2.62 bits per heavy atom. The molecular formula is C10H11BrClNO2S. The molecule has 0 bridgehead atoms. The van der Waals surface area contributed by atoms with Gasteiger partial charge in [0.15, 0.2) is 0 Å². The molecule has 6 heteroatoms.